The first-order valence-corrected chi connectivity index (χ1v) is 5.12. The molecule has 2 N–H and O–H groups in total. The second-order valence-electron chi connectivity index (χ2n) is 4.39. The second-order valence-corrected chi connectivity index (χ2v) is 4.39. The molecule has 0 bridgehead atoms. The Labute approximate surface area is 85.4 Å². The number of morpholine rings is 1. The molecule has 0 saturated carbocycles. The van der Waals surface area contributed by atoms with Crippen LogP contribution >= 0.6 is 0 Å². The molecule has 82 valence electrons. The zero-order valence-corrected chi connectivity index (χ0v) is 9.25. The predicted molar refractivity (Wildman–Crippen MR) is 54.9 cm³/mol. The molecule has 1 saturated heterocycles. The van der Waals surface area contributed by atoms with Gasteiger partial charge >= 0.3 is 0 Å². The summed E-state index contributed by atoms with van der Waals surface area (Å²) >= 11 is 0. The summed E-state index contributed by atoms with van der Waals surface area (Å²) in [5.41, 5.74) is 5.26. The number of carbonyl (C=O) groups is 1. The summed E-state index contributed by atoms with van der Waals surface area (Å²) in [4.78, 5) is 13.4. The van der Waals surface area contributed by atoms with E-state index in [-0.39, 0.29) is 24.2 Å². The average Bonchev–Trinajstić information content (AvgIpc) is 2.10. The van der Waals surface area contributed by atoms with Gasteiger partial charge in [0.2, 0.25) is 5.91 Å². The number of ether oxygens (including phenoxy) is 1. The summed E-state index contributed by atoms with van der Waals surface area (Å²) in [6.07, 6.45) is 0.795. The lowest BCUT2D eigenvalue weighted by Gasteiger charge is -2.42. The van der Waals surface area contributed by atoms with Gasteiger partial charge in [-0.3, -0.25) is 4.79 Å². The van der Waals surface area contributed by atoms with E-state index in [0.717, 1.165) is 6.42 Å². The predicted octanol–water partition coefficient (Wildman–Crippen LogP) is 0.361. The smallest absolute Gasteiger partial charge is 0.248 e. The third kappa shape index (κ3) is 2.45. The van der Waals surface area contributed by atoms with Crippen LogP contribution in [0.4, 0.5) is 0 Å². The first-order valence-electron chi connectivity index (χ1n) is 5.12. The fraction of sp³-hybridized carbons (Fsp3) is 0.900. The molecule has 0 aromatic carbocycles. The van der Waals surface area contributed by atoms with Crippen molar-refractivity contribution in [2.45, 2.75) is 38.8 Å². The van der Waals surface area contributed by atoms with E-state index in [0.29, 0.717) is 13.1 Å². The fourth-order valence-electron chi connectivity index (χ4n) is 1.74. The summed E-state index contributed by atoms with van der Waals surface area (Å²) in [7, 11) is 0. The second kappa shape index (κ2) is 4.28. The number of amides is 1. The van der Waals surface area contributed by atoms with Crippen LogP contribution in [0.15, 0.2) is 0 Å². The first-order chi connectivity index (χ1) is 6.48. The molecule has 1 rings (SSSR count). The molecule has 1 heterocycles. The van der Waals surface area contributed by atoms with Crippen molar-refractivity contribution in [3.63, 3.8) is 0 Å². The third-order valence-electron chi connectivity index (χ3n) is 2.67. The van der Waals surface area contributed by atoms with E-state index < -0.39 is 0 Å². The van der Waals surface area contributed by atoms with Crippen molar-refractivity contribution in [1.29, 1.82) is 0 Å². The molecule has 1 atom stereocenters. The van der Waals surface area contributed by atoms with Gasteiger partial charge in [0.15, 0.2) is 0 Å². The third-order valence-corrected chi connectivity index (χ3v) is 2.67. The van der Waals surface area contributed by atoms with Gasteiger partial charge in [0.05, 0.1) is 5.60 Å². The molecular formula is C10H20N2O2. The molecule has 1 fully saturated rings. The minimum absolute atomic E-state index is 0.0782. The minimum Gasteiger partial charge on any atom is -0.364 e. The van der Waals surface area contributed by atoms with Gasteiger partial charge in [0, 0.05) is 12.6 Å². The molecule has 0 aliphatic carbocycles. The van der Waals surface area contributed by atoms with E-state index >= 15 is 0 Å². The van der Waals surface area contributed by atoms with E-state index in [9.17, 15) is 4.79 Å². The highest BCUT2D eigenvalue weighted by Gasteiger charge is 2.36. The molecule has 0 radical (unpaired) electrons. The van der Waals surface area contributed by atoms with Crippen LogP contribution in [0.25, 0.3) is 0 Å². The largest absolute Gasteiger partial charge is 0.364 e. The van der Waals surface area contributed by atoms with Crippen molar-refractivity contribution >= 4 is 5.91 Å². The summed E-state index contributed by atoms with van der Waals surface area (Å²) in [5.74, 6) is 0.0782. The van der Waals surface area contributed by atoms with Crippen LogP contribution < -0.4 is 5.73 Å². The molecule has 1 unspecified atom stereocenters. The number of carbonyl (C=O) groups excluding carboxylic acids is 1. The van der Waals surface area contributed by atoms with Crippen LogP contribution in [0.5, 0.6) is 0 Å². The maximum Gasteiger partial charge on any atom is 0.248 e. The highest BCUT2D eigenvalue weighted by Crippen LogP contribution is 2.22. The lowest BCUT2D eigenvalue weighted by atomic mass is 9.99. The maximum absolute atomic E-state index is 11.5. The van der Waals surface area contributed by atoms with Crippen molar-refractivity contribution in [2.75, 3.05) is 19.7 Å². The Morgan fingerprint density at radius 1 is 1.64 bits per heavy atom. The van der Waals surface area contributed by atoms with Gasteiger partial charge in [0.25, 0.3) is 0 Å². The van der Waals surface area contributed by atoms with Gasteiger partial charge in [-0.05, 0) is 33.7 Å². The van der Waals surface area contributed by atoms with Gasteiger partial charge in [-0.1, -0.05) is 0 Å². The van der Waals surface area contributed by atoms with Crippen LogP contribution in [-0.4, -0.2) is 42.1 Å². The maximum atomic E-state index is 11.5. The standard InChI is InChI=1S/C10H20N2O2/c1-8(2)12-7-10(3,4-5-11)14-6-9(12)13/h8H,4-7,11H2,1-3H3. The molecule has 0 aromatic heterocycles. The van der Waals surface area contributed by atoms with Crippen molar-refractivity contribution in [2.24, 2.45) is 5.73 Å². The van der Waals surface area contributed by atoms with Crippen molar-refractivity contribution in [3.05, 3.63) is 0 Å². The monoisotopic (exact) mass is 200 g/mol. The van der Waals surface area contributed by atoms with E-state index in [1.807, 2.05) is 25.7 Å². The molecule has 4 heteroatoms. The minimum atomic E-state index is -0.257. The molecular weight excluding hydrogens is 180 g/mol. The van der Waals surface area contributed by atoms with E-state index in [4.69, 9.17) is 10.5 Å². The Kier molecular flexibility index (Phi) is 3.50. The SMILES string of the molecule is CC(C)N1CC(C)(CCN)OCC1=O. The lowest BCUT2D eigenvalue weighted by molar-refractivity contribution is -0.164. The Bertz CT molecular complexity index is 218. The number of hydrogen-bond acceptors (Lipinski definition) is 3. The normalized spacial score (nSPS) is 28.6. The molecule has 0 spiro atoms. The Balaban J connectivity index is 2.65. The van der Waals surface area contributed by atoms with E-state index in [1.165, 1.54) is 0 Å². The molecule has 4 nitrogen and oxygen atoms in total. The van der Waals surface area contributed by atoms with E-state index in [2.05, 4.69) is 0 Å². The van der Waals surface area contributed by atoms with Gasteiger partial charge in [0.1, 0.15) is 6.61 Å². The number of hydrogen-bond donors (Lipinski definition) is 1. The Morgan fingerprint density at radius 3 is 2.79 bits per heavy atom. The van der Waals surface area contributed by atoms with Crippen LogP contribution in [0, 0.1) is 0 Å². The topological polar surface area (TPSA) is 55.6 Å². The summed E-state index contributed by atoms with van der Waals surface area (Å²) in [6, 6.07) is 0.239. The molecule has 1 amide bonds. The number of nitrogens with zero attached hydrogens (tertiary/aromatic N) is 1. The van der Waals surface area contributed by atoms with Gasteiger partial charge in [-0.15, -0.1) is 0 Å². The van der Waals surface area contributed by atoms with Crippen LogP contribution in [-0.2, 0) is 9.53 Å². The quantitative estimate of drug-likeness (QED) is 0.715. The molecule has 1 aliphatic rings. The van der Waals surface area contributed by atoms with Crippen LogP contribution in [0.2, 0.25) is 0 Å². The lowest BCUT2D eigenvalue weighted by Crippen LogP contribution is -2.55. The molecule has 1 aliphatic heterocycles. The van der Waals surface area contributed by atoms with Crippen molar-refractivity contribution in [1.82, 2.24) is 4.90 Å². The van der Waals surface area contributed by atoms with Crippen molar-refractivity contribution in [3.8, 4) is 0 Å². The summed E-state index contributed by atoms with van der Waals surface area (Å²) in [5, 5.41) is 0. The Hall–Kier alpha value is -0.610. The molecule has 0 aromatic rings. The number of rotatable bonds is 3. The highest BCUT2D eigenvalue weighted by atomic mass is 16.5. The zero-order valence-electron chi connectivity index (χ0n) is 9.25. The zero-order chi connectivity index (χ0) is 10.8. The summed E-state index contributed by atoms with van der Waals surface area (Å²) in [6.45, 7) is 7.49. The number of nitrogens with two attached hydrogens (primary N) is 1. The van der Waals surface area contributed by atoms with Gasteiger partial charge in [-0.25, -0.2) is 0 Å². The average molecular weight is 200 g/mol. The highest BCUT2D eigenvalue weighted by molar-refractivity contribution is 5.78. The van der Waals surface area contributed by atoms with Gasteiger partial charge in [-0.2, -0.15) is 0 Å². The fourth-order valence-corrected chi connectivity index (χ4v) is 1.74. The first kappa shape index (κ1) is 11.5. The van der Waals surface area contributed by atoms with Crippen molar-refractivity contribution < 1.29 is 9.53 Å². The van der Waals surface area contributed by atoms with Crippen LogP contribution in [0.3, 0.4) is 0 Å². The van der Waals surface area contributed by atoms with E-state index in [1.54, 1.807) is 0 Å². The Morgan fingerprint density at radius 2 is 2.29 bits per heavy atom. The molecule has 14 heavy (non-hydrogen) atoms. The summed E-state index contributed by atoms with van der Waals surface area (Å²) < 4.78 is 5.53. The van der Waals surface area contributed by atoms with Crippen LogP contribution in [0.1, 0.15) is 27.2 Å². The van der Waals surface area contributed by atoms with Gasteiger partial charge < -0.3 is 15.4 Å².